The molecule has 0 N–H and O–H groups in total. The lowest BCUT2D eigenvalue weighted by Crippen LogP contribution is -2.36. The van der Waals surface area contributed by atoms with E-state index in [0.29, 0.717) is 0 Å². The Kier molecular flexibility index (Phi) is 3.99. The number of ether oxygens (including phenoxy) is 1. The number of hydroxylamine groups is 3. The van der Waals surface area contributed by atoms with Gasteiger partial charge in [0.2, 0.25) is 0 Å². The third kappa shape index (κ3) is 7.21. The average Bonchev–Trinajstić information content (AvgIpc) is 1.85. The predicted molar refractivity (Wildman–Crippen MR) is 37.3 cm³/mol. The maximum absolute atomic E-state index is 11.4. The van der Waals surface area contributed by atoms with E-state index in [2.05, 4.69) is 4.74 Å². The minimum absolute atomic E-state index is 0.0285. The van der Waals surface area contributed by atoms with Crippen LogP contribution in [0.2, 0.25) is 0 Å². The van der Waals surface area contributed by atoms with Crippen LogP contribution in [0.3, 0.4) is 0 Å². The molecule has 0 atom stereocenters. The Morgan fingerprint density at radius 3 is 2.55 bits per heavy atom. The van der Waals surface area contributed by atoms with Gasteiger partial charge in [0.05, 0.1) is 14.1 Å². The fourth-order valence-corrected chi connectivity index (χ4v) is 0.418. The van der Waals surface area contributed by atoms with E-state index in [4.69, 9.17) is 0 Å². The molecule has 5 heteroatoms. The predicted octanol–water partition coefficient (Wildman–Crippen LogP) is 0.0733. The first-order valence-corrected chi connectivity index (χ1v) is 3.21. The molecule has 0 aromatic heterocycles. The molecule has 0 amide bonds. The zero-order chi connectivity index (χ0) is 8.91. The van der Waals surface area contributed by atoms with Crippen molar-refractivity contribution in [2.45, 2.75) is 0 Å². The van der Waals surface area contributed by atoms with E-state index in [1.165, 1.54) is 14.1 Å². The average molecular weight is 165 g/mol. The maximum Gasteiger partial charge on any atom is 0.337 e. The van der Waals surface area contributed by atoms with Crippen LogP contribution in [0.1, 0.15) is 0 Å². The van der Waals surface area contributed by atoms with Gasteiger partial charge >= 0.3 is 5.97 Å². The molecule has 0 unspecified atom stereocenters. The largest absolute Gasteiger partial charge is 0.633 e. The van der Waals surface area contributed by atoms with E-state index >= 15 is 0 Å². The second-order valence-electron chi connectivity index (χ2n) is 2.65. The second kappa shape index (κ2) is 4.25. The highest BCUT2D eigenvalue weighted by Gasteiger charge is 2.04. The number of carbonyl (C=O) groups excluding carboxylic acids is 1. The Hall–Kier alpha value is -0.680. The summed E-state index contributed by atoms with van der Waals surface area (Å²) in [6.07, 6.45) is 0. The van der Waals surface area contributed by atoms with E-state index in [0.717, 1.165) is 0 Å². The van der Waals surface area contributed by atoms with Gasteiger partial charge in [0.15, 0.2) is 6.67 Å². The second-order valence-corrected chi connectivity index (χ2v) is 2.65. The van der Waals surface area contributed by atoms with Gasteiger partial charge in [0.1, 0.15) is 13.2 Å². The third-order valence-electron chi connectivity index (χ3n) is 1.00. The molecule has 0 spiro atoms. The number of rotatable bonds is 4. The fourth-order valence-electron chi connectivity index (χ4n) is 0.418. The summed E-state index contributed by atoms with van der Waals surface area (Å²) in [7, 11) is 2.84. The lowest BCUT2D eigenvalue weighted by Gasteiger charge is -2.33. The van der Waals surface area contributed by atoms with E-state index < -0.39 is 17.3 Å². The molecule has 0 saturated carbocycles. The summed E-state index contributed by atoms with van der Waals surface area (Å²) in [6.45, 7) is -1.02. The molecule has 4 nitrogen and oxygen atoms in total. The summed E-state index contributed by atoms with van der Waals surface area (Å²) in [4.78, 5) is 10.2. The summed E-state index contributed by atoms with van der Waals surface area (Å²) >= 11 is 0. The van der Waals surface area contributed by atoms with Crippen LogP contribution in [0.4, 0.5) is 4.39 Å². The van der Waals surface area contributed by atoms with Crippen molar-refractivity contribution >= 4 is 5.97 Å². The van der Waals surface area contributed by atoms with Crippen LogP contribution in [0, 0.1) is 5.21 Å². The molecule has 0 aliphatic carbocycles. The van der Waals surface area contributed by atoms with E-state index in [1.54, 1.807) is 0 Å². The molecule has 0 fully saturated rings. The zero-order valence-electron chi connectivity index (χ0n) is 6.67. The van der Waals surface area contributed by atoms with Gasteiger partial charge in [-0.1, -0.05) is 0 Å². The smallest absolute Gasteiger partial charge is 0.337 e. The number of alkyl halides is 1. The first-order valence-electron chi connectivity index (χ1n) is 3.21. The summed E-state index contributed by atoms with van der Waals surface area (Å²) in [5.41, 5.74) is 0. The summed E-state index contributed by atoms with van der Waals surface area (Å²) in [6, 6.07) is 0. The van der Waals surface area contributed by atoms with Crippen LogP contribution in [-0.4, -0.2) is 44.5 Å². The first-order chi connectivity index (χ1) is 4.95. The van der Waals surface area contributed by atoms with Gasteiger partial charge in [-0.15, -0.1) is 0 Å². The number of hydrogen-bond donors (Lipinski definition) is 0. The fraction of sp³-hybridized carbons (Fsp3) is 0.833. The molecule has 0 heterocycles. The SMILES string of the molecule is C[N+](C)([O-])CCOC(=O)CF. The van der Waals surface area contributed by atoms with Crippen LogP contribution >= 0.6 is 0 Å². The first kappa shape index (κ1) is 10.3. The van der Waals surface area contributed by atoms with E-state index in [-0.39, 0.29) is 13.2 Å². The van der Waals surface area contributed by atoms with Crippen LogP contribution in [0.15, 0.2) is 0 Å². The van der Waals surface area contributed by atoms with Crippen molar-refractivity contribution in [1.29, 1.82) is 0 Å². The van der Waals surface area contributed by atoms with Crippen molar-refractivity contribution in [2.75, 3.05) is 33.9 Å². The number of quaternary nitrogens is 1. The molecule has 0 bridgehead atoms. The van der Waals surface area contributed by atoms with Crippen LogP contribution in [0.5, 0.6) is 0 Å². The molecular weight excluding hydrogens is 153 g/mol. The van der Waals surface area contributed by atoms with Gasteiger partial charge in [0.25, 0.3) is 0 Å². The monoisotopic (exact) mass is 165 g/mol. The van der Waals surface area contributed by atoms with Gasteiger partial charge in [-0.3, -0.25) is 0 Å². The molecule has 66 valence electrons. The molecular formula is C6H12FNO3. The van der Waals surface area contributed by atoms with Crippen LogP contribution in [-0.2, 0) is 9.53 Å². The number of nitrogens with zero attached hydrogens (tertiary/aromatic N) is 1. The third-order valence-corrected chi connectivity index (χ3v) is 1.00. The summed E-state index contributed by atoms with van der Waals surface area (Å²) in [5.74, 6) is -0.918. The van der Waals surface area contributed by atoms with Gasteiger partial charge < -0.3 is 14.6 Å². The minimum atomic E-state index is -1.13. The highest BCUT2D eigenvalue weighted by atomic mass is 19.1. The van der Waals surface area contributed by atoms with Crippen molar-refractivity contribution in [3.63, 3.8) is 0 Å². The Labute approximate surface area is 64.7 Å². The number of hydrogen-bond acceptors (Lipinski definition) is 3. The Bertz CT molecular complexity index is 132. The Morgan fingerprint density at radius 2 is 2.18 bits per heavy atom. The number of carbonyl (C=O) groups is 1. The maximum atomic E-state index is 11.4. The number of halogens is 1. The summed E-state index contributed by atoms with van der Waals surface area (Å²) in [5, 5.41) is 10.8. The zero-order valence-corrected chi connectivity index (χ0v) is 6.67. The Morgan fingerprint density at radius 1 is 1.64 bits per heavy atom. The molecule has 0 saturated heterocycles. The van der Waals surface area contributed by atoms with Crippen LogP contribution < -0.4 is 0 Å². The molecule has 11 heavy (non-hydrogen) atoms. The Balaban J connectivity index is 3.35. The van der Waals surface area contributed by atoms with E-state index in [9.17, 15) is 14.4 Å². The van der Waals surface area contributed by atoms with Gasteiger partial charge in [-0.2, -0.15) is 0 Å². The highest BCUT2D eigenvalue weighted by molar-refractivity contribution is 5.70. The number of esters is 1. The van der Waals surface area contributed by atoms with Crippen molar-refractivity contribution in [3.8, 4) is 0 Å². The lowest BCUT2D eigenvalue weighted by atomic mass is 10.6. The van der Waals surface area contributed by atoms with Crippen molar-refractivity contribution in [2.24, 2.45) is 0 Å². The molecule has 0 aromatic rings. The minimum Gasteiger partial charge on any atom is -0.633 e. The van der Waals surface area contributed by atoms with Gasteiger partial charge in [-0.25, -0.2) is 9.18 Å². The topological polar surface area (TPSA) is 49.4 Å². The molecule has 0 aliphatic rings. The van der Waals surface area contributed by atoms with Crippen molar-refractivity contribution in [1.82, 2.24) is 0 Å². The summed E-state index contributed by atoms with van der Waals surface area (Å²) < 4.78 is 15.2. The van der Waals surface area contributed by atoms with Crippen LogP contribution in [0.25, 0.3) is 0 Å². The molecule has 0 aromatic carbocycles. The highest BCUT2D eigenvalue weighted by Crippen LogP contribution is 1.91. The quantitative estimate of drug-likeness (QED) is 0.336. The van der Waals surface area contributed by atoms with Gasteiger partial charge in [0, 0.05) is 0 Å². The van der Waals surface area contributed by atoms with E-state index in [1.807, 2.05) is 0 Å². The molecule has 0 rings (SSSR count). The van der Waals surface area contributed by atoms with Crippen molar-refractivity contribution in [3.05, 3.63) is 5.21 Å². The normalized spacial score (nSPS) is 11.3. The lowest BCUT2D eigenvalue weighted by molar-refractivity contribution is -0.840. The number of likely N-dealkylation sites (N-methyl/N-ethyl adjacent to an activating group) is 1. The van der Waals surface area contributed by atoms with Gasteiger partial charge in [-0.05, 0) is 0 Å². The molecule has 0 radical (unpaired) electrons. The molecule has 0 aliphatic heterocycles. The van der Waals surface area contributed by atoms with Crippen molar-refractivity contribution < 1.29 is 18.6 Å². The standard InChI is InChI=1S/C6H12FNO3/c1-8(2,10)3-4-11-6(9)5-7/h3-5H2,1-2H3.